The van der Waals surface area contributed by atoms with E-state index in [2.05, 4.69) is 15.7 Å². The summed E-state index contributed by atoms with van der Waals surface area (Å²) in [5, 5.41) is 9.79. The summed E-state index contributed by atoms with van der Waals surface area (Å²) in [5.41, 5.74) is 1.74. The number of hydrogen-bond acceptors (Lipinski definition) is 3. The van der Waals surface area contributed by atoms with Gasteiger partial charge in [0.25, 0.3) is 0 Å². The van der Waals surface area contributed by atoms with Gasteiger partial charge in [0, 0.05) is 12.7 Å². The minimum absolute atomic E-state index is 0.136. The molecule has 1 atom stereocenters. The van der Waals surface area contributed by atoms with Crippen molar-refractivity contribution < 1.29 is 18.0 Å². The Morgan fingerprint density at radius 1 is 1.24 bits per heavy atom. The van der Waals surface area contributed by atoms with Crippen molar-refractivity contribution in [2.45, 2.75) is 39.9 Å². The molecule has 8 heteroatoms. The second kappa shape index (κ2) is 6.78. The Bertz CT molecular complexity index is 796. The summed E-state index contributed by atoms with van der Waals surface area (Å²) in [6.45, 7) is 6.58. The molecule has 0 saturated carbocycles. The number of anilines is 2. The highest BCUT2D eigenvalue weighted by Gasteiger charge is 2.32. The minimum Gasteiger partial charge on any atom is -0.374 e. The molecule has 25 heavy (non-hydrogen) atoms. The lowest BCUT2D eigenvalue weighted by atomic mass is 10.1. The fraction of sp³-hybridized carbons (Fsp3) is 0.412. The third-order valence-electron chi connectivity index (χ3n) is 4.08. The third-order valence-corrected chi connectivity index (χ3v) is 4.08. The van der Waals surface area contributed by atoms with Crippen molar-refractivity contribution in [1.29, 1.82) is 0 Å². The Morgan fingerprint density at radius 2 is 1.88 bits per heavy atom. The summed E-state index contributed by atoms with van der Waals surface area (Å²) in [4.78, 5) is 12.3. The third kappa shape index (κ3) is 4.12. The van der Waals surface area contributed by atoms with Crippen LogP contribution in [0.4, 0.5) is 24.5 Å². The first-order valence-corrected chi connectivity index (χ1v) is 7.76. The Balaban J connectivity index is 2.14. The predicted molar refractivity (Wildman–Crippen MR) is 90.6 cm³/mol. The molecule has 1 heterocycles. The fourth-order valence-electron chi connectivity index (χ4n) is 2.52. The standard InChI is InChI=1S/C17H21F3N4O/c1-9-6-7-13(8-14(9)17(18,19)20)21-11(3)16(25)22-15-10(2)23-24(5)12(15)4/h6-8,11,21H,1-5H3,(H,22,25). The van der Waals surface area contributed by atoms with E-state index in [-0.39, 0.29) is 17.2 Å². The van der Waals surface area contributed by atoms with E-state index in [4.69, 9.17) is 0 Å². The Morgan fingerprint density at radius 3 is 2.40 bits per heavy atom. The molecule has 1 amide bonds. The number of aromatic nitrogens is 2. The van der Waals surface area contributed by atoms with Gasteiger partial charge in [-0.25, -0.2) is 0 Å². The average Bonchev–Trinajstić information content (AvgIpc) is 2.74. The van der Waals surface area contributed by atoms with Crippen LogP contribution in [0.5, 0.6) is 0 Å². The van der Waals surface area contributed by atoms with Crippen LogP contribution in [0.1, 0.15) is 29.4 Å². The zero-order valence-corrected chi connectivity index (χ0v) is 14.7. The topological polar surface area (TPSA) is 59.0 Å². The molecular weight excluding hydrogens is 333 g/mol. The smallest absolute Gasteiger partial charge is 0.374 e. The lowest BCUT2D eigenvalue weighted by Gasteiger charge is -2.18. The van der Waals surface area contributed by atoms with Gasteiger partial charge < -0.3 is 10.6 Å². The molecule has 5 nitrogen and oxygen atoms in total. The largest absolute Gasteiger partial charge is 0.416 e. The summed E-state index contributed by atoms with van der Waals surface area (Å²) in [5.74, 6) is -0.353. The average molecular weight is 354 g/mol. The van der Waals surface area contributed by atoms with Gasteiger partial charge in [0.15, 0.2) is 0 Å². The van der Waals surface area contributed by atoms with Gasteiger partial charge in [0.05, 0.1) is 22.6 Å². The second-order valence-electron chi connectivity index (χ2n) is 6.05. The van der Waals surface area contributed by atoms with Gasteiger partial charge in [-0.1, -0.05) is 6.07 Å². The van der Waals surface area contributed by atoms with Crippen molar-refractivity contribution in [3.8, 4) is 0 Å². The van der Waals surface area contributed by atoms with Gasteiger partial charge >= 0.3 is 6.18 Å². The van der Waals surface area contributed by atoms with E-state index in [1.807, 2.05) is 6.92 Å². The number of rotatable bonds is 4. The number of alkyl halides is 3. The van der Waals surface area contributed by atoms with Gasteiger partial charge in [-0.15, -0.1) is 0 Å². The van der Waals surface area contributed by atoms with E-state index in [0.717, 1.165) is 11.8 Å². The lowest BCUT2D eigenvalue weighted by Crippen LogP contribution is -2.32. The molecule has 0 aliphatic heterocycles. The molecule has 1 aromatic carbocycles. The van der Waals surface area contributed by atoms with E-state index in [9.17, 15) is 18.0 Å². The van der Waals surface area contributed by atoms with E-state index < -0.39 is 17.8 Å². The highest BCUT2D eigenvalue weighted by atomic mass is 19.4. The van der Waals surface area contributed by atoms with Crippen molar-refractivity contribution in [3.05, 3.63) is 40.7 Å². The normalized spacial score (nSPS) is 12.8. The van der Waals surface area contributed by atoms with Crippen LogP contribution in [0.25, 0.3) is 0 Å². The molecule has 0 fully saturated rings. The number of benzene rings is 1. The van der Waals surface area contributed by atoms with Crippen molar-refractivity contribution >= 4 is 17.3 Å². The lowest BCUT2D eigenvalue weighted by molar-refractivity contribution is -0.138. The first-order valence-electron chi connectivity index (χ1n) is 7.76. The number of carbonyl (C=O) groups is 1. The van der Waals surface area contributed by atoms with Crippen molar-refractivity contribution in [2.24, 2.45) is 7.05 Å². The van der Waals surface area contributed by atoms with Crippen LogP contribution in [0.3, 0.4) is 0 Å². The molecule has 0 aliphatic rings. The van der Waals surface area contributed by atoms with Crippen LogP contribution < -0.4 is 10.6 Å². The van der Waals surface area contributed by atoms with Gasteiger partial charge in [0.1, 0.15) is 6.04 Å². The number of nitrogens with zero attached hydrogens (tertiary/aromatic N) is 2. The summed E-state index contributed by atoms with van der Waals surface area (Å²) in [6, 6.07) is 3.20. The zero-order chi connectivity index (χ0) is 18.9. The van der Waals surface area contributed by atoms with Crippen molar-refractivity contribution in [3.63, 3.8) is 0 Å². The molecular formula is C17H21F3N4O. The summed E-state index contributed by atoms with van der Waals surface area (Å²) in [6.07, 6.45) is -4.43. The maximum atomic E-state index is 13.0. The Hall–Kier alpha value is -2.51. The van der Waals surface area contributed by atoms with Gasteiger partial charge in [-0.05, 0) is 45.4 Å². The Labute approximate surface area is 144 Å². The maximum absolute atomic E-state index is 13.0. The number of nitrogens with one attached hydrogen (secondary N) is 2. The van der Waals surface area contributed by atoms with Crippen LogP contribution in [-0.4, -0.2) is 21.7 Å². The molecule has 1 unspecified atom stereocenters. The molecule has 1 aromatic heterocycles. The van der Waals surface area contributed by atoms with E-state index in [0.29, 0.717) is 11.4 Å². The summed E-state index contributed by atoms with van der Waals surface area (Å²) < 4.78 is 40.6. The molecule has 2 aromatic rings. The van der Waals surface area contributed by atoms with Crippen LogP contribution in [0, 0.1) is 20.8 Å². The monoisotopic (exact) mass is 354 g/mol. The quantitative estimate of drug-likeness (QED) is 0.878. The number of carbonyl (C=O) groups excluding carboxylic acids is 1. The first kappa shape index (κ1) is 18.8. The van der Waals surface area contributed by atoms with Crippen molar-refractivity contribution in [1.82, 2.24) is 9.78 Å². The molecule has 0 aliphatic carbocycles. The number of hydrogen-bond donors (Lipinski definition) is 2. The molecule has 2 N–H and O–H groups in total. The molecule has 0 spiro atoms. The highest BCUT2D eigenvalue weighted by molar-refractivity contribution is 5.97. The number of amides is 1. The highest BCUT2D eigenvalue weighted by Crippen LogP contribution is 2.33. The summed E-state index contributed by atoms with van der Waals surface area (Å²) >= 11 is 0. The van der Waals surface area contributed by atoms with Crippen LogP contribution in [0.15, 0.2) is 18.2 Å². The van der Waals surface area contributed by atoms with E-state index in [1.165, 1.54) is 19.1 Å². The Kier molecular flexibility index (Phi) is 5.10. The van der Waals surface area contributed by atoms with E-state index >= 15 is 0 Å². The summed E-state index contributed by atoms with van der Waals surface area (Å²) in [7, 11) is 1.77. The van der Waals surface area contributed by atoms with Crippen LogP contribution >= 0.6 is 0 Å². The molecule has 0 saturated heterocycles. The maximum Gasteiger partial charge on any atom is 0.416 e. The van der Waals surface area contributed by atoms with Gasteiger partial charge in [-0.2, -0.15) is 18.3 Å². The van der Waals surface area contributed by atoms with Crippen molar-refractivity contribution in [2.75, 3.05) is 10.6 Å². The molecule has 2 rings (SSSR count). The molecule has 0 bridgehead atoms. The van der Waals surface area contributed by atoms with E-state index in [1.54, 1.807) is 25.6 Å². The SMILES string of the molecule is Cc1ccc(NC(C)C(=O)Nc2c(C)nn(C)c2C)cc1C(F)(F)F. The molecule has 0 radical (unpaired) electrons. The van der Waals surface area contributed by atoms with Crippen LogP contribution in [-0.2, 0) is 18.0 Å². The number of halogens is 3. The first-order chi connectivity index (χ1) is 11.5. The number of aryl methyl sites for hydroxylation is 3. The van der Waals surface area contributed by atoms with Crippen LogP contribution in [0.2, 0.25) is 0 Å². The predicted octanol–water partition coefficient (Wildman–Crippen LogP) is 3.80. The minimum atomic E-state index is -4.43. The zero-order valence-electron chi connectivity index (χ0n) is 14.7. The fourth-order valence-corrected chi connectivity index (χ4v) is 2.52. The van der Waals surface area contributed by atoms with Gasteiger partial charge in [-0.3, -0.25) is 9.48 Å². The second-order valence-corrected chi connectivity index (χ2v) is 6.05. The van der Waals surface area contributed by atoms with Gasteiger partial charge in [0.2, 0.25) is 5.91 Å². The molecule has 136 valence electrons.